The van der Waals surface area contributed by atoms with Gasteiger partial charge in [0.2, 0.25) is 0 Å². The minimum absolute atomic E-state index is 0.901. The molecule has 4 heterocycles. The number of aryl methyl sites for hydroxylation is 1. The number of nitrogens with zero attached hydrogens (tertiary/aromatic N) is 2. The molecule has 3 nitrogen and oxygen atoms in total. The first-order valence-corrected chi connectivity index (χ1v) is 7.45. The molecule has 0 saturated carbocycles. The van der Waals surface area contributed by atoms with E-state index < -0.39 is 0 Å². The molecule has 3 saturated heterocycles. The lowest BCUT2D eigenvalue weighted by molar-refractivity contribution is 0.0470. The average Bonchev–Trinajstić information content (AvgIpc) is 2.95. The molecular formula is C16H20N2O. The lowest BCUT2D eigenvalue weighted by Gasteiger charge is -2.45. The molecule has 3 fully saturated rings. The zero-order valence-electron chi connectivity index (χ0n) is 11.2. The van der Waals surface area contributed by atoms with Crippen LogP contribution in [-0.4, -0.2) is 29.7 Å². The minimum atomic E-state index is 0.901. The molecule has 0 radical (unpaired) electrons. The van der Waals surface area contributed by atoms with Gasteiger partial charge in [0.05, 0.1) is 6.20 Å². The quantitative estimate of drug-likeness (QED) is 0.845. The Kier molecular flexibility index (Phi) is 2.80. The van der Waals surface area contributed by atoms with E-state index in [2.05, 4.69) is 22.2 Å². The van der Waals surface area contributed by atoms with Gasteiger partial charge in [-0.05, 0) is 62.2 Å². The van der Waals surface area contributed by atoms with Gasteiger partial charge in [0.1, 0.15) is 0 Å². The van der Waals surface area contributed by atoms with Gasteiger partial charge in [-0.1, -0.05) is 17.3 Å². The predicted octanol–water partition coefficient (Wildman–Crippen LogP) is 3.10. The van der Waals surface area contributed by atoms with E-state index in [1.165, 1.54) is 49.8 Å². The summed E-state index contributed by atoms with van der Waals surface area (Å²) in [6, 6.07) is 6.31. The Balaban J connectivity index is 1.49. The van der Waals surface area contributed by atoms with Gasteiger partial charge < -0.3 is 9.42 Å². The number of benzene rings is 1. The van der Waals surface area contributed by atoms with E-state index in [0.717, 1.165) is 23.8 Å². The highest BCUT2D eigenvalue weighted by Crippen LogP contribution is 2.35. The van der Waals surface area contributed by atoms with Crippen LogP contribution in [0.3, 0.4) is 0 Å². The highest BCUT2D eigenvalue weighted by molar-refractivity contribution is 5.79. The predicted molar refractivity (Wildman–Crippen MR) is 75.0 cm³/mol. The summed E-state index contributed by atoms with van der Waals surface area (Å²) in [4.78, 5) is 2.64. The van der Waals surface area contributed by atoms with E-state index in [9.17, 15) is 0 Å². The van der Waals surface area contributed by atoms with Crippen LogP contribution < -0.4 is 0 Å². The van der Waals surface area contributed by atoms with Crippen LogP contribution in [0.4, 0.5) is 0 Å². The SMILES string of the molecule is c1cc(CCC2CN3CCC2CC3)c2cnoc2c1. The van der Waals surface area contributed by atoms with Gasteiger partial charge in [-0.15, -0.1) is 0 Å². The number of aromatic nitrogens is 1. The Labute approximate surface area is 113 Å². The molecule has 1 atom stereocenters. The van der Waals surface area contributed by atoms with E-state index in [1.54, 1.807) is 0 Å². The fraction of sp³-hybridized carbons (Fsp3) is 0.562. The zero-order chi connectivity index (χ0) is 12.7. The summed E-state index contributed by atoms with van der Waals surface area (Å²) in [5.74, 6) is 1.88. The largest absolute Gasteiger partial charge is 0.356 e. The second-order valence-electron chi connectivity index (χ2n) is 6.09. The molecule has 1 unspecified atom stereocenters. The van der Waals surface area contributed by atoms with Crippen molar-refractivity contribution in [2.75, 3.05) is 19.6 Å². The Morgan fingerprint density at radius 2 is 2.16 bits per heavy atom. The first-order chi connectivity index (χ1) is 9.40. The molecule has 1 aromatic heterocycles. The van der Waals surface area contributed by atoms with E-state index in [1.807, 2.05) is 12.3 Å². The summed E-state index contributed by atoms with van der Waals surface area (Å²) < 4.78 is 5.24. The standard InChI is InChI=1S/C16H20N2O/c1-2-13(15-10-17-19-16(15)3-1)4-5-14-11-18-8-6-12(14)7-9-18/h1-3,10,12,14H,4-9,11H2. The first-order valence-electron chi connectivity index (χ1n) is 7.45. The molecule has 2 bridgehead atoms. The normalized spacial score (nSPS) is 30.0. The Hall–Kier alpha value is -1.35. The van der Waals surface area contributed by atoms with Gasteiger partial charge in [-0.25, -0.2) is 0 Å². The first kappa shape index (κ1) is 11.5. The van der Waals surface area contributed by atoms with Crippen molar-refractivity contribution < 1.29 is 4.52 Å². The van der Waals surface area contributed by atoms with Crippen LogP contribution in [0.2, 0.25) is 0 Å². The van der Waals surface area contributed by atoms with E-state index >= 15 is 0 Å². The van der Waals surface area contributed by atoms with Crippen molar-refractivity contribution in [1.82, 2.24) is 10.1 Å². The topological polar surface area (TPSA) is 29.3 Å². The lowest BCUT2D eigenvalue weighted by atomic mass is 9.76. The highest BCUT2D eigenvalue weighted by Gasteiger charge is 2.33. The number of fused-ring (bicyclic) bond motifs is 4. The van der Waals surface area contributed by atoms with E-state index in [4.69, 9.17) is 4.52 Å². The summed E-state index contributed by atoms with van der Waals surface area (Å²) in [5.41, 5.74) is 2.32. The van der Waals surface area contributed by atoms with Crippen LogP contribution in [0.25, 0.3) is 11.0 Å². The van der Waals surface area contributed by atoms with Crippen molar-refractivity contribution in [1.29, 1.82) is 0 Å². The van der Waals surface area contributed by atoms with Gasteiger partial charge in [0, 0.05) is 11.9 Å². The highest BCUT2D eigenvalue weighted by atomic mass is 16.5. The number of hydrogen-bond donors (Lipinski definition) is 0. The van der Waals surface area contributed by atoms with Crippen molar-refractivity contribution in [3.05, 3.63) is 30.0 Å². The van der Waals surface area contributed by atoms with Crippen molar-refractivity contribution in [2.45, 2.75) is 25.7 Å². The van der Waals surface area contributed by atoms with Crippen molar-refractivity contribution >= 4 is 11.0 Å². The maximum Gasteiger partial charge on any atom is 0.167 e. The van der Waals surface area contributed by atoms with Crippen LogP contribution in [0.15, 0.2) is 28.9 Å². The molecule has 0 amide bonds. The number of hydrogen-bond acceptors (Lipinski definition) is 3. The summed E-state index contributed by atoms with van der Waals surface area (Å²) in [6.07, 6.45) is 7.17. The van der Waals surface area contributed by atoms with Crippen LogP contribution in [-0.2, 0) is 6.42 Å². The maximum atomic E-state index is 5.24. The third kappa shape index (κ3) is 2.06. The van der Waals surface area contributed by atoms with Gasteiger partial charge >= 0.3 is 0 Å². The minimum Gasteiger partial charge on any atom is -0.356 e. The van der Waals surface area contributed by atoms with Crippen molar-refractivity contribution in [3.63, 3.8) is 0 Å². The second-order valence-corrected chi connectivity index (χ2v) is 6.09. The van der Waals surface area contributed by atoms with E-state index in [-0.39, 0.29) is 0 Å². The lowest BCUT2D eigenvalue weighted by Crippen LogP contribution is -2.47. The zero-order valence-corrected chi connectivity index (χ0v) is 11.2. The van der Waals surface area contributed by atoms with Gasteiger partial charge in [0.25, 0.3) is 0 Å². The molecule has 0 spiro atoms. The molecule has 0 aliphatic carbocycles. The Bertz CT molecular complexity index is 569. The monoisotopic (exact) mass is 256 g/mol. The fourth-order valence-electron chi connectivity index (χ4n) is 3.92. The summed E-state index contributed by atoms with van der Waals surface area (Å²) in [5, 5.41) is 5.11. The average molecular weight is 256 g/mol. The summed E-state index contributed by atoms with van der Waals surface area (Å²) >= 11 is 0. The Morgan fingerprint density at radius 1 is 1.26 bits per heavy atom. The van der Waals surface area contributed by atoms with Gasteiger partial charge in [-0.3, -0.25) is 0 Å². The maximum absolute atomic E-state index is 5.24. The van der Waals surface area contributed by atoms with E-state index in [0.29, 0.717) is 0 Å². The molecule has 100 valence electrons. The molecule has 3 heteroatoms. The molecule has 19 heavy (non-hydrogen) atoms. The summed E-state index contributed by atoms with van der Waals surface area (Å²) in [6.45, 7) is 4.00. The van der Waals surface area contributed by atoms with Crippen LogP contribution in [0.1, 0.15) is 24.8 Å². The molecule has 2 aromatic rings. The second kappa shape index (κ2) is 4.64. The number of piperidine rings is 3. The Morgan fingerprint density at radius 3 is 2.95 bits per heavy atom. The molecule has 0 N–H and O–H groups in total. The van der Waals surface area contributed by atoms with Crippen LogP contribution in [0, 0.1) is 11.8 Å². The molecule has 3 aliphatic rings. The number of rotatable bonds is 3. The summed E-state index contributed by atoms with van der Waals surface area (Å²) in [7, 11) is 0. The third-order valence-corrected chi connectivity index (χ3v) is 5.07. The fourth-order valence-corrected chi connectivity index (χ4v) is 3.92. The van der Waals surface area contributed by atoms with Crippen molar-refractivity contribution in [3.8, 4) is 0 Å². The van der Waals surface area contributed by atoms with Crippen LogP contribution in [0.5, 0.6) is 0 Å². The molecule has 5 rings (SSSR count). The van der Waals surface area contributed by atoms with Crippen LogP contribution >= 0.6 is 0 Å². The molecule has 1 aromatic carbocycles. The van der Waals surface area contributed by atoms with Crippen molar-refractivity contribution in [2.24, 2.45) is 11.8 Å². The molecule has 3 aliphatic heterocycles. The van der Waals surface area contributed by atoms with Gasteiger partial charge in [0.15, 0.2) is 5.58 Å². The smallest absolute Gasteiger partial charge is 0.167 e. The third-order valence-electron chi connectivity index (χ3n) is 5.07. The van der Waals surface area contributed by atoms with Gasteiger partial charge in [-0.2, -0.15) is 0 Å². The molecular weight excluding hydrogens is 236 g/mol.